The predicted molar refractivity (Wildman–Crippen MR) is 49.6 cm³/mol. The number of aliphatic hydroxyl groups excluding tert-OH is 1. The van der Waals surface area contributed by atoms with Crippen molar-refractivity contribution in [1.82, 2.24) is 4.98 Å². The molecule has 0 fully saturated rings. The highest BCUT2D eigenvalue weighted by atomic mass is 19.4. The van der Waals surface area contributed by atoms with Crippen LogP contribution in [0.15, 0.2) is 18.3 Å². The van der Waals surface area contributed by atoms with Crippen LogP contribution < -0.4 is 4.90 Å². The van der Waals surface area contributed by atoms with Gasteiger partial charge in [-0.25, -0.2) is 4.98 Å². The molecule has 6 heteroatoms. The predicted octanol–water partition coefficient (Wildman–Crippen LogP) is 1.74. The molecule has 0 spiro atoms. The minimum absolute atomic E-state index is 0.256. The van der Waals surface area contributed by atoms with Crippen molar-refractivity contribution in [2.75, 3.05) is 19.0 Å². The molecule has 3 nitrogen and oxygen atoms in total. The molecule has 0 aliphatic rings. The molecule has 15 heavy (non-hydrogen) atoms. The Labute approximate surface area is 85.2 Å². The van der Waals surface area contributed by atoms with Gasteiger partial charge in [-0.05, 0) is 6.07 Å². The average molecular weight is 220 g/mol. The van der Waals surface area contributed by atoms with Gasteiger partial charge in [-0.2, -0.15) is 13.2 Å². The summed E-state index contributed by atoms with van der Waals surface area (Å²) < 4.78 is 36.3. The number of nitrogens with zero attached hydrogens (tertiary/aromatic N) is 2. The molecular formula is C9H11F3N2O. The minimum atomic E-state index is -4.65. The van der Waals surface area contributed by atoms with E-state index in [0.717, 1.165) is 6.20 Å². The summed E-state index contributed by atoms with van der Waals surface area (Å²) in [5.41, 5.74) is -0.256. The Bertz CT molecular complexity index is 321. The molecule has 1 heterocycles. The Morgan fingerprint density at radius 1 is 1.33 bits per heavy atom. The molecule has 1 N–H and O–H groups in total. The number of alkyl halides is 3. The number of aliphatic hydroxyl groups is 1. The molecule has 0 amide bonds. The molecule has 0 saturated heterocycles. The van der Waals surface area contributed by atoms with Crippen LogP contribution in [-0.4, -0.2) is 30.4 Å². The van der Waals surface area contributed by atoms with Gasteiger partial charge in [0.2, 0.25) is 0 Å². The fraction of sp³-hybridized carbons (Fsp3) is 0.444. The lowest BCUT2D eigenvalue weighted by molar-refractivity contribution is -0.206. The Hall–Kier alpha value is -1.30. The van der Waals surface area contributed by atoms with Crippen LogP contribution in [0.1, 0.15) is 11.7 Å². The van der Waals surface area contributed by atoms with E-state index in [-0.39, 0.29) is 5.56 Å². The second-order valence-electron chi connectivity index (χ2n) is 3.29. The first-order valence-electron chi connectivity index (χ1n) is 4.20. The lowest BCUT2D eigenvalue weighted by Gasteiger charge is -2.16. The maximum absolute atomic E-state index is 12.1. The maximum Gasteiger partial charge on any atom is 0.418 e. The fourth-order valence-electron chi connectivity index (χ4n) is 1.01. The van der Waals surface area contributed by atoms with E-state index in [1.807, 2.05) is 0 Å². The Kier molecular flexibility index (Phi) is 3.18. The molecule has 0 bridgehead atoms. The minimum Gasteiger partial charge on any atom is -0.379 e. The molecular weight excluding hydrogens is 209 g/mol. The van der Waals surface area contributed by atoms with Crippen LogP contribution in [0.4, 0.5) is 19.0 Å². The van der Waals surface area contributed by atoms with Crippen molar-refractivity contribution in [1.29, 1.82) is 0 Å². The van der Waals surface area contributed by atoms with Crippen LogP contribution in [0.5, 0.6) is 0 Å². The van der Waals surface area contributed by atoms with E-state index in [9.17, 15) is 13.2 Å². The zero-order valence-corrected chi connectivity index (χ0v) is 8.28. The van der Waals surface area contributed by atoms with Gasteiger partial charge in [-0.3, -0.25) is 0 Å². The smallest absolute Gasteiger partial charge is 0.379 e. The van der Waals surface area contributed by atoms with Crippen molar-refractivity contribution >= 4 is 5.82 Å². The van der Waals surface area contributed by atoms with Crippen LogP contribution in [0.3, 0.4) is 0 Å². The van der Waals surface area contributed by atoms with Crippen molar-refractivity contribution < 1.29 is 18.3 Å². The summed E-state index contributed by atoms with van der Waals surface area (Å²) in [6.45, 7) is 0. The Morgan fingerprint density at radius 3 is 2.27 bits per heavy atom. The Balaban J connectivity index is 2.89. The largest absolute Gasteiger partial charge is 0.418 e. The van der Waals surface area contributed by atoms with Gasteiger partial charge in [0, 0.05) is 25.9 Å². The van der Waals surface area contributed by atoms with E-state index in [2.05, 4.69) is 4.98 Å². The van der Waals surface area contributed by atoms with E-state index in [1.165, 1.54) is 12.1 Å². The van der Waals surface area contributed by atoms with Crippen molar-refractivity contribution in [3.63, 3.8) is 0 Å². The van der Waals surface area contributed by atoms with Crippen molar-refractivity contribution in [2.45, 2.75) is 12.3 Å². The number of aromatic nitrogens is 1. The first kappa shape index (κ1) is 11.8. The maximum atomic E-state index is 12.1. The first-order valence-corrected chi connectivity index (χ1v) is 4.20. The van der Waals surface area contributed by atoms with E-state index in [0.29, 0.717) is 5.82 Å². The quantitative estimate of drug-likeness (QED) is 0.824. The highest BCUT2D eigenvalue weighted by Crippen LogP contribution is 2.32. The summed E-state index contributed by atoms with van der Waals surface area (Å²) in [4.78, 5) is 5.44. The second kappa shape index (κ2) is 4.06. The summed E-state index contributed by atoms with van der Waals surface area (Å²) >= 11 is 0. The molecule has 84 valence electrons. The van der Waals surface area contributed by atoms with Crippen LogP contribution in [0, 0.1) is 0 Å². The number of halogens is 3. The van der Waals surface area contributed by atoms with Gasteiger partial charge in [0.1, 0.15) is 5.82 Å². The van der Waals surface area contributed by atoms with E-state index in [1.54, 1.807) is 19.0 Å². The molecule has 1 atom stereocenters. The standard InChI is InChI=1S/C9H11F3N2O/c1-14(2)7-4-3-6(5-13-7)8(15)9(10,11)12/h3-5,8,15H,1-2H3/t8-/m1/s1. The normalized spacial score (nSPS) is 13.7. The van der Waals surface area contributed by atoms with Crippen LogP contribution >= 0.6 is 0 Å². The van der Waals surface area contributed by atoms with Gasteiger partial charge < -0.3 is 10.0 Å². The molecule has 1 rings (SSSR count). The fourth-order valence-corrected chi connectivity index (χ4v) is 1.01. The van der Waals surface area contributed by atoms with Crippen molar-refractivity contribution in [3.05, 3.63) is 23.9 Å². The monoisotopic (exact) mass is 220 g/mol. The summed E-state index contributed by atoms with van der Waals surface area (Å²) in [7, 11) is 3.45. The summed E-state index contributed by atoms with van der Waals surface area (Å²) in [5, 5.41) is 8.91. The van der Waals surface area contributed by atoms with Gasteiger partial charge >= 0.3 is 6.18 Å². The summed E-state index contributed by atoms with van der Waals surface area (Å²) in [6.07, 6.45) is -6.10. The zero-order valence-electron chi connectivity index (χ0n) is 8.28. The summed E-state index contributed by atoms with van der Waals surface area (Å²) in [6, 6.07) is 2.63. The Morgan fingerprint density at radius 2 is 1.93 bits per heavy atom. The molecule has 0 saturated carbocycles. The molecule has 0 radical (unpaired) electrons. The van der Waals surface area contributed by atoms with E-state index >= 15 is 0 Å². The third kappa shape index (κ3) is 2.82. The molecule has 1 aromatic heterocycles. The molecule has 0 aliphatic heterocycles. The SMILES string of the molecule is CN(C)c1ccc([C@@H](O)C(F)(F)F)cn1. The van der Waals surface area contributed by atoms with Crippen LogP contribution in [-0.2, 0) is 0 Å². The number of hydrogen-bond donors (Lipinski definition) is 1. The number of hydrogen-bond acceptors (Lipinski definition) is 3. The lowest BCUT2D eigenvalue weighted by Crippen LogP contribution is -2.20. The topological polar surface area (TPSA) is 36.4 Å². The van der Waals surface area contributed by atoms with Crippen LogP contribution in [0.25, 0.3) is 0 Å². The average Bonchev–Trinajstić information content (AvgIpc) is 2.15. The highest BCUT2D eigenvalue weighted by Gasteiger charge is 2.39. The van der Waals surface area contributed by atoms with Gasteiger partial charge in [0.15, 0.2) is 6.10 Å². The first-order chi connectivity index (χ1) is 6.82. The molecule has 0 aromatic carbocycles. The number of pyridine rings is 1. The summed E-state index contributed by atoms with van der Waals surface area (Å²) in [5.74, 6) is 0.535. The highest BCUT2D eigenvalue weighted by molar-refractivity contribution is 5.37. The van der Waals surface area contributed by atoms with Crippen molar-refractivity contribution in [2.24, 2.45) is 0 Å². The molecule has 0 aliphatic carbocycles. The van der Waals surface area contributed by atoms with Crippen molar-refractivity contribution in [3.8, 4) is 0 Å². The van der Waals surface area contributed by atoms with Gasteiger partial charge in [-0.1, -0.05) is 6.07 Å². The molecule has 0 unspecified atom stereocenters. The number of rotatable bonds is 2. The van der Waals surface area contributed by atoms with E-state index in [4.69, 9.17) is 5.11 Å². The van der Waals surface area contributed by atoms with Gasteiger partial charge in [0.05, 0.1) is 0 Å². The number of anilines is 1. The van der Waals surface area contributed by atoms with Gasteiger partial charge in [0.25, 0.3) is 0 Å². The lowest BCUT2D eigenvalue weighted by atomic mass is 10.1. The molecule has 1 aromatic rings. The van der Waals surface area contributed by atoms with E-state index < -0.39 is 12.3 Å². The van der Waals surface area contributed by atoms with Crippen LogP contribution in [0.2, 0.25) is 0 Å². The van der Waals surface area contributed by atoms with Gasteiger partial charge in [-0.15, -0.1) is 0 Å². The third-order valence-electron chi connectivity index (χ3n) is 1.85. The second-order valence-corrected chi connectivity index (χ2v) is 3.29. The zero-order chi connectivity index (χ0) is 11.6. The third-order valence-corrected chi connectivity index (χ3v) is 1.85.